The summed E-state index contributed by atoms with van der Waals surface area (Å²) in [4.78, 5) is 59.7. The molecule has 1 N–H and O–H groups in total. The predicted octanol–water partition coefficient (Wildman–Crippen LogP) is 17.7. The minimum absolute atomic E-state index is 0. The Kier molecular flexibility index (Phi) is 22.6. The fourth-order valence-corrected chi connectivity index (χ4v) is 19.9. The number of aryl methyl sites for hydroxylation is 2. The number of halogens is 4. The third-order valence-electron chi connectivity index (χ3n) is 25.5. The molecular formula is C97H91Cl3FN11O12S. The Hall–Kier alpha value is -12.6. The molecule has 0 radical (unpaired) electrons. The number of nitrogens with zero attached hydrogens (tertiary/aromatic N) is 11. The van der Waals surface area contributed by atoms with E-state index in [4.69, 9.17) is 58.5 Å². The molecule has 12 aromatic rings. The molecule has 0 atom stereocenters. The van der Waals surface area contributed by atoms with Crippen molar-refractivity contribution in [2.75, 3.05) is 72.3 Å². The summed E-state index contributed by atoms with van der Waals surface area (Å²) in [5.74, 6) is 2.95. The number of carbonyl (C=O) groups excluding carboxylic acids is 4. The van der Waals surface area contributed by atoms with E-state index in [1.165, 1.54) is 30.3 Å². The molecule has 0 bridgehead atoms. The summed E-state index contributed by atoms with van der Waals surface area (Å²) in [6.07, 6.45) is 10.2. The van der Waals surface area contributed by atoms with E-state index in [1.54, 1.807) is 23.0 Å². The van der Waals surface area contributed by atoms with Crippen molar-refractivity contribution in [3.63, 3.8) is 0 Å². The van der Waals surface area contributed by atoms with Crippen LogP contribution in [-0.4, -0.2) is 153 Å². The molecule has 20 rings (SSSR count). The summed E-state index contributed by atoms with van der Waals surface area (Å²) >= 11 is 18.5. The Labute approximate surface area is 739 Å². The number of carbonyl (C=O) groups is 4. The molecule has 8 aromatic carbocycles. The summed E-state index contributed by atoms with van der Waals surface area (Å²) < 4.78 is 76.3. The number of nitriles is 2. The molecule has 8 aliphatic heterocycles. The van der Waals surface area contributed by atoms with E-state index in [-0.39, 0.29) is 52.0 Å². The predicted molar refractivity (Wildman–Crippen MR) is 473 cm³/mol. The molecule has 4 aromatic heterocycles. The van der Waals surface area contributed by atoms with Crippen LogP contribution in [0.5, 0.6) is 28.7 Å². The van der Waals surface area contributed by atoms with Crippen LogP contribution in [-0.2, 0) is 44.7 Å². The molecule has 0 unspecified atom stereocenters. The molecule has 4 spiro atoms. The van der Waals surface area contributed by atoms with E-state index < -0.39 is 38.1 Å². The first kappa shape index (κ1) is 84.6. The average molecular weight is 1760 g/mol. The lowest BCUT2D eigenvalue weighted by Crippen LogP contribution is -2.50. The van der Waals surface area contributed by atoms with Crippen molar-refractivity contribution < 1.29 is 62.2 Å². The van der Waals surface area contributed by atoms with E-state index in [9.17, 15) is 47.6 Å². The largest absolute Gasteiger partial charge is 0.496 e. The number of fused-ring (bicyclic) bond motifs is 16. The summed E-state index contributed by atoms with van der Waals surface area (Å²) in [5.41, 5.74) is 11.4. The second-order valence-corrected chi connectivity index (χ2v) is 36.6. The van der Waals surface area contributed by atoms with E-state index in [0.29, 0.717) is 130 Å². The van der Waals surface area contributed by atoms with Gasteiger partial charge in [-0.1, -0.05) is 103 Å². The van der Waals surface area contributed by atoms with Gasteiger partial charge in [-0.25, -0.2) is 12.8 Å². The first-order valence-electron chi connectivity index (χ1n) is 41.4. The number of hydrogen-bond donors (Lipinski definition) is 1. The van der Waals surface area contributed by atoms with Gasteiger partial charge in [0.05, 0.1) is 85.8 Å². The number of hydrogen-bond acceptors (Lipinski definition) is 15. The average Bonchev–Trinajstić information content (AvgIpc) is 1.54. The van der Waals surface area contributed by atoms with Crippen molar-refractivity contribution >= 4 is 68.3 Å². The normalized spacial score (nSPS) is 16.6. The SMILES string of the molecule is CC(C)(CO)c1ccc(C(=O)N2CCC3(CC2)Oc2ccccc2-n2c(C#N)ccc23)cc1.COc1cc(C(=O)N2CCC3(CC2)Oc2ccccc2-c2c3cnn2C)ccc1C.CS(=O)(=O)c1ccc(C(=O)N2CCC3(CC2)Oc2cc(Cl)ccc2-n2cccc23)c(Cl)c1.N#Cc1ccc2n1-c1ccccc1OC21CCN(C(=O)c2ccc(F)cc2Cl)CC1.[HH]. The summed E-state index contributed by atoms with van der Waals surface area (Å²) in [7, 11) is 0.201. The molecule has 640 valence electrons. The number of aliphatic hydroxyl groups excluding tert-OH is 1. The van der Waals surface area contributed by atoms with Crippen LogP contribution in [0.1, 0.15) is 153 Å². The van der Waals surface area contributed by atoms with Gasteiger partial charge in [0.2, 0.25) is 0 Å². The van der Waals surface area contributed by atoms with Crippen LogP contribution < -0.4 is 23.7 Å². The molecular weight excluding hydrogens is 1670 g/mol. The number of aromatic nitrogens is 5. The number of ether oxygens (including phenoxy) is 5. The van der Waals surface area contributed by atoms with Crippen molar-refractivity contribution in [2.24, 2.45) is 7.05 Å². The van der Waals surface area contributed by atoms with E-state index in [0.717, 1.165) is 116 Å². The number of rotatable bonds is 8. The quantitative estimate of drug-likeness (QED) is 0.148. The number of methoxy groups -OCH3 is 1. The molecule has 0 saturated carbocycles. The zero-order chi connectivity index (χ0) is 87.7. The van der Waals surface area contributed by atoms with Crippen molar-refractivity contribution in [3.05, 3.63) is 307 Å². The van der Waals surface area contributed by atoms with Gasteiger partial charge in [0.15, 0.2) is 26.6 Å². The van der Waals surface area contributed by atoms with Crippen LogP contribution in [0.2, 0.25) is 15.1 Å². The van der Waals surface area contributed by atoms with Crippen LogP contribution in [0.25, 0.3) is 28.3 Å². The number of likely N-dealkylation sites (tertiary alicyclic amines) is 4. The van der Waals surface area contributed by atoms with Gasteiger partial charge in [0.25, 0.3) is 23.6 Å². The molecule has 4 saturated heterocycles. The Morgan fingerprint density at radius 3 is 1.54 bits per heavy atom. The van der Waals surface area contributed by atoms with Crippen molar-refractivity contribution in [3.8, 4) is 69.2 Å². The van der Waals surface area contributed by atoms with Crippen LogP contribution in [0.15, 0.2) is 224 Å². The van der Waals surface area contributed by atoms with Gasteiger partial charge in [-0.05, 0) is 164 Å². The topological polar surface area (TPSA) is 262 Å². The molecule has 28 heteroatoms. The highest BCUT2D eigenvalue weighted by Crippen LogP contribution is 2.53. The second-order valence-electron chi connectivity index (χ2n) is 33.3. The summed E-state index contributed by atoms with van der Waals surface area (Å²) in [6.45, 7) is 10.2. The lowest BCUT2D eigenvalue weighted by Gasteiger charge is -2.45. The van der Waals surface area contributed by atoms with Crippen molar-refractivity contribution in [1.29, 1.82) is 10.5 Å². The van der Waals surface area contributed by atoms with Gasteiger partial charge in [0.1, 0.15) is 63.7 Å². The van der Waals surface area contributed by atoms with Crippen LogP contribution >= 0.6 is 34.8 Å². The van der Waals surface area contributed by atoms with Gasteiger partial charge in [-0.15, -0.1) is 0 Å². The molecule has 125 heavy (non-hydrogen) atoms. The van der Waals surface area contributed by atoms with Crippen molar-refractivity contribution in [1.82, 2.24) is 43.1 Å². The fraction of sp³-hybridized carbons (Fsp3) is 0.289. The number of aliphatic hydroxyl groups is 1. The van der Waals surface area contributed by atoms with E-state index >= 15 is 0 Å². The van der Waals surface area contributed by atoms with Gasteiger partial charge in [-0.2, -0.15) is 15.6 Å². The molecule has 4 amide bonds. The zero-order valence-electron chi connectivity index (χ0n) is 69.6. The maximum absolute atomic E-state index is 13.3. The molecule has 4 fully saturated rings. The molecule has 8 aliphatic rings. The van der Waals surface area contributed by atoms with Crippen LogP contribution in [0.3, 0.4) is 0 Å². The second kappa shape index (κ2) is 33.5. The highest BCUT2D eigenvalue weighted by Gasteiger charge is 2.51. The number of sulfone groups is 1. The summed E-state index contributed by atoms with van der Waals surface area (Å²) in [6, 6.07) is 66.5. The molecule has 0 aliphatic carbocycles. The maximum Gasteiger partial charge on any atom is 0.255 e. The van der Waals surface area contributed by atoms with Crippen molar-refractivity contribution in [2.45, 2.75) is 105 Å². The Bertz CT molecular complexity index is 6480. The number of piperidine rings is 4. The van der Waals surface area contributed by atoms with E-state index in [2.05, 4.69) is 33.9 Å². The third-order valence-corrected chi connectivity index (χ3v) is 27.5. The monoisotopic (exact) mass is 1760 g/mol. The van der Waals surface area contributed by atoms with E-state index in [1.807, 2.05) is 215 Å². The van der Waals surface area contributed by atoms with Gasteiger partial charge >= 0.3 is 0 Å². The summed E-state index contributed by atoms with van der Waals surface area (Å²) in [5, 5.41) is 34.2. The first-order valence-corrected chi connectivity index (χ1v) is 44.4. The lowest BCUT2D eigenvalue weighted by molar-refractivity contribution is -0.00983. The molecule has 23 nitrogen and oxygen atoms in total. The van der Waals surface area contributed by atoms with Gasteiger partial charge in [-0.3, -0.25) is 33.0 Å². The lowest BCUT2D eigenvalue weighted by atomic mass is 9.81. The molecule has 12 heterocycles. The smallest absolute Gasteiger partial charge is 0.255 e. The number of para-hydroxylation sites is 5. The standard InChI is InChI=1S/C27H27N3O3.C24H25N3O3.C23H20Cl2N2O4S.C23H17ClFN3O2.H2/c1-26(2,18-31)20-9-7-19(8-10-20)25(32)29-15-13-27(14-16-29)24-12-11-21(17-28)30(24)22-5-3-4-6-23(22)33-27;1-16-8-9-17(14-21(16)29-3)23(28)27-12-10-24(11-13-27)19-15-25-26(2)22(19)18-6-4-5-7-20(18)30-24;1-32(29,30)16-5-6-17(18(25)14-16)22(28)26-11-8-23(9-12-26)21-3-2-10-27(21)19-7-4-15(24)13-20(19)31-23;24-18-13-15(25)5-7-17(18)22(29)27-11-9-23(10-12-27)21-8-6-16(14-26)28(21)19-3-1-2-4-20(19)30-23;/h3-12,31H,13-16,18H2,1-2H3;4-9,14-15H,10-13H2,1-3H3;2-7,10,13-14H,8-9,11-12H2,1H3;1-8,13H,9-12H2;1H. The van der Waals surface area contributed by atoms with Crippen LogP contribution in [0, 0.1) is 35.4 Å². The Morgan fingerprint density at radius 2 is 1.02 bits per heavy atom. The van der Waals surface area contributed by atoms with Gasteiger partial charge in [0, 0.05) is 163 Å². The van der Waals surface area contributed by atoms with Gasteiger partial charge < -0.3 is 53.0 Å². The third kappa shape index (κ3) is 15.6. The first-order chi connectivity index (χ1) is 60.1. The number of benzene rings is 8. The highest BCUT2D eigenvalue weighted by atomic mass is 35.5. The fourth-order valence-electron chi connectivity index (χ4n) is 18.5. The van der Waals surface area contributed by atoms with Crippen LogP contribution in [0.4, 0.5) is 4.39 Å². The number of amides is 4. The minimum atomic E-state index is -3.40. The highest BCUT2D eigenvalue weighted by molar-refractivity contribution is 7.90. The Morgan fingerprint density at radius 1 is 0.536 bits per heavy atom. The maximum atomic E-state index is 13.3. The Balaban J connectivity index is 0.000000124. The minimum Gasteiger partial charge on any atom is -0.496 e. The zero-order valence-corrected chi connectivity index (χ0v) is 72.7.